The van der Waals surface area contributed by atoms with Crippen molar-refractivity contribution in [3.63, 3.8) is 0 Å². The van der Waals surface area contributed by atoms with Crippen LogP contribution in [0.25, 0.3) is 0 Å². The van der Waals surface area contributed by atoms with E-state index in [-0.39, 0.29) is 28.5 Å². The number of carbonyl (C=O) groups is 1. The van der Waals surface area contributed by atoms with Crippen LogP contribution < -0.4 is 15.2 Å². The van der Waals surface area contributed by atoms with Crippen LogP contribution in [-0.2, 0) is 0 Å². The van der Waals surface area contributed by atoms with E-state index in [1.807, 2.05) is 0 Å². The SMILES string of the molecule is Cc1cc(N)c(C(=O)O)cc1Oc1ccc(OC(F)(F)F)cc1. The molecular weight excluding hydrogens is 315 g/mol. The Labute approximate surface area is 129 Å². The smallest absolute Gasteiger partial charge is 0.478 e. The zero-order valence-electron chi connectivity index (χ0n) is 11.8. The molecule has 0 heterocycles. The van der Waals surface area contributed by atoms with Gasteiger partial charge in [-0.3, -0.25) is 0 Å². The first-order chi connectivity index (χ1) is 10.7. The number of anilines is 1. The van der Waals surface area contributed by atoms with Crippen molar-refractivity contribution in [2.45, 2.75) is 13.3 Å². The van der Waals surface area contributed by atoms with Crippen molar-refractivity contribution in [2.75, 3.05) is 5.73 Å². The van der Waals surface area contributed by atoms with Crippen molar-refractivity contribution < 1.29 is 32.5 Å². The second kappa shape index (κ2) is 6.07. The van der Waals surface area contributed by atoms with Gasteiger partial charge in [0.2, 0.25) is 0 Å². The van der Waals surface area contributed by atoms with Gasteiger partial charge in [0.25, 0.3) is 0 Å². The topological polar surface area (TPSA) is 81.8 Å². The molecule has 0 aromatic heterocycles. The maximum Gasteiger partial charge on any atom is 0.573 e. The molecule has 2 aromatic rings. The van der Waals surface area contributed by atoms with Crippen LogP contribution in [0.2, 0.25) is 0 Å². The van der Waals surface area contributed by atoms with Gasteiger partial charge < -0.3 is 20.3 Å². The lowest BCUT2D eigenvalue weighted by Gasteiger charge is -2.12. The summed E-state index contributed by atoms with van der Waals surface area (Å²) in [5, 5.41) is 9.03. The number of halogens is 3. The first-order valence-corrected chi connectivity index (χ1v) is 6.33. The quantitative estimate of drug-likeness (QED) is 0.831. The van der Waals surface area contributed by atoms with Crippen molar-refractivity contribution in [1.29, 1.82) is 0 Å². The number of aromatic carboxylic acids is 1. The number of alkyl halides is 3. The summed E-state index contributed by atoms with van der Waals surface area (Å²) in [5.74, 6) is -1.13. The van der Waals surface area contributed by atoms with Crippen LogP contribution in [0.3, 0.4) is 0 Å². The minimum atomic E-state index is -4.77. The van der Waals surface area contributed by atoms with Gasteiger partial charge in [0, 0.05) is 5.69 Å². The van der Waals surface area contributed by atoms with Crippen LogP contribution >= 0.6 is 0 Å². The van der Waals surface area contributed by atoms with Gasteiger partial charge in [0.05, 0.1) is 5.56 Å². The molecule has 0 saturated carbocycles. The van der Waals surface area contributed by atoms with Gasteiger partial charge >= 0.3 is 12.3 Å². The lowest BCUT2D eigenvalue weighted by Crippen LogP contribution is -2.16. The minimum absolute atomic E-state index is 0.0938. The predicted molar refractivity (Wildman–Crippen MR) is 75.7 cm³/mol. The predicted octanol–water partition coefficient (Wildman–Crippen LogP) is 3.97. The number of hydrogen-bond donors (Lipinski definition) is 2. The number of rotatable bonds is 4. The molecule has 0 aliphatic rings. The minimum Gasteiger partial charge on any atom is -0.478 e. The van der Waals surface area contributed by atoms with E-state index in [9.17, 15) is 18.0 Å². The van der Waals surface area contributed by atoms with E-state index in [1.165, 1.54) is 24.3 Å². The second-order valence-electron chi connectivity index (χ2n) is 4.63. The third-order valence-electron chi connectivity index (χ3n) is 2.86. The first-order valence-electron chi connectivity index (χ1n) is 6.33. The number of carboxylic acids is 1. The molecule has 0 saturated heterocycles. The molecule has 3 N–H and O–H groups in total. The number of aryl methyl sites for hydroxylation is 1. The van der Waals surface area contributed by atoms with Crippen LogP contribution in [-0.4, -0.2) is 17.4 Å². The van der Waals surface area contributed by atoms with Gasteiger partial charge in [-0.15, -0.1) is 13.2 Å². The molecule has 0 atom stereocenters. The standard InChI is InChI=1S/C15H12F3NO4/c1-8-6-12(19)11(14(20)21)7-13(8)22-9-2-4-10(5-3-9)23-15(16,17)18/h2-7H,19H2,1H3,(H,20,21). The Morgan fingerprint density at radius 1 is 1.13 bits per heavy atom. The number of ether oxygens (including phenoxy) is 2. The average Bonchev–Trinajstić information content (AvgIpc) is 2.41. The van der Waals surface area contributed by atoms with E-state index in [1.54, 1.807) is 6.92 Å². The van der Waals surface area contributed by atoms with Gasteiger partial charge in [0.1, 0.15) is 17.2 Å². The molecule has 5 nitrogen and oxygen atoms in total. The largest absolute Gasteiger partial charge is 0.573 e. The number of nitrogen functional groups attached to an aromatic ring is 1. The van der Waals surface area contributed by atoms with Gasteiger partial charge in [-0.2, -0.15) is 0 Å². The lowest BCUT2D eigenvalue weighted by atomic mass is 10.1. The van der Waals surface area contributed by atoms with E-state index >= 15 is 0 Å². The Bertz CT molecular complexity index is 727. The van der Waals surface area contributed by atoms with Gasteiger partial charge in [-0.25, -0.2) is 4.79 Å². The Morgan fingerprint density at radius 2 is 1.70 bits per heavy atom. The van der Waals surface area contributed by atoms with E-state index in [4.69, 9.17) is 15.6 Å². The van der Waals surface area contributed by atoms with Crippen molar-refractivity contribution in [1.82, 2.24) is 0 Å². The summed E-state index contributed by atoms with van der Waals surface area (Å²) < 4.78 is 45.5. The molecule has 0 radical (unpaired) electrons. The lowest BCUT2D eigenvalue weighted by molar-refractivity contribution is -0.274. The highest BCUT2D eigenvalue weighted by atomic mass is 19.4. The molecule has 122 valence electrons. The Balaban J connectivity index is 2.22. The van der Waals surface area contributed by atoms with Crippen LogP contribution in [0.5, 0.6) is 17.2 Å². The zero-order chi connectivity index (χ0) is 17.2. The number of hydrogen-bond acceptors (Lipinski definition) is 4. The fraction of sp³-hybridized carbons (Fsp3) is 0.133. The summed E-state index contributed by atoms with van der Waals surface area (Å²) in [5.41, 5.74) is 6.16. The highest BCUT2D eigenvalue weighted by Gasteiger charge is 2.31. The van der Waals surface area contributed by atoms with Crippen LogP contribution in [0.4, 0.5) is 18.9 Å². The maximum atomic E-state index is 12.1. The van der Waals surface area contributed by atoms with Crippen molar-refractivity contribution in [3.05, 3.63) is 47.5 Å². The van der Waals surface area contributed by atoms with Crippen LogP contribution in [0.15, 0.2) is 36.4 Å². The van der Waals surface area contributed by atoms with Gasteiger partial charge in [-0.1, -0.05) is 0 Å². The number of carboxylic acid groups (broad SMARTS) is 1. The third-order valence-corrected chi connectivity index (χ3v) is 2.86. The summed E-state index contributed by atoms with van der Waals surface area (Å²) in [6, 6.07) is 7.43. The molecular formula is C15H12F3NO4. The molecule has 0 fully saturated rings. The van der Waals surface area contributed by atoms with Crippen molar-refractivity contribution in [2.24, 2.45) is 0 Å². The highest BCUT2D eigenvalue weighted by molar-refractivity contribution is 5.94. The maximum absolute atomic E-state index is 12.1. The molecule has 23 heavy (non-hydrogen) atoms. The Hall–Kier alpha value is -2.90. The van der Waals surface area contributed by atoms with Gasteiger partial charge in [0.15, 0.2) is 0 Å². The molecule has 2 rings (SSSR count). The molecule has 0 aliphatic heterocycles. The van der Waals surface area contributed by atoms with E-state index in [0.717, 1.165) is 12.1 Å². The molecule has 0 bridgehead atoms. The fourth-order valence-corrected chi connectivity index (χ4v) is 1.84. The van der Waals surface area contributed by atoms with Crippen LogP contribution in [0, 0.1) is 6.92 Å². The molecule has 0 spiro atoms. The Morgan fingerprint density at radius 3 is 2.22 bits per heavy atom. The molecule has 0 unspecified atom stereocenters. The molecule has 2 aromatic carbocycles. The van der Waals surface area contributed by atoms with Gasteiger partial charge in [-0.05, 0) is 48.9 Å². The second-order valence-corrected chi connectivity index (χ2v) is 4.63. The fourth-order valence-electron chi connectivity index (χ4n) is 1.84. The van der Waals surface area contributed by atoms with Crippen molar-refractivity contribution in [3.8, 4) is 17.2 Å². The number of benzene rings is 2. The zero-order valence-corrected chi connectivity index (χ0v) is 11.8. The summed E-state index contributed by atoms with van der Waals surface area (Å²) in [4.78, 5) is 11.1. The summed E-state index contributed by atoms with van der Waals surface area (Å²) >= 11 is 0. The average molecular weight is 327 g/mol. The van der Waals surface area contributed by atoms with E-state index in [0.29, 0.717) is 5.56 Å². The normalized spacial score (nSPS) is 11.1. The first kappa shape index (κ1) is 16.5. The molecule has 8 heteroatoms. The summed E-state index contributed by atoms with van der Waals surface area (Å²) in [7, 11) is 0. The highest BCUT2D eigenvalue weighted by Crippen LogP contribution is 2.31. The summed E-state index contributed by atoms with van der Waals surface area (Å²) in [6.45, 7) is 1.67. The monoisotopic (exact) mass is 327 g/mol. The number of nitrogens with two attached hydrogens (primary N) is 1. The molecule has 0 aliphatic carbocycles. The van der Waals surface area contributed by atoms with E-state index < -0.39 is 12.3 Å². The van der Waals surface area contributed by atoms with Crippen molar-refractivity contribution >= 4 is 11.7 Å². The van der Waals surface area contributed by atoms with E-state index in [2.05, 4.69) is 4.74 Å². The van der Waals surface area contributed by atoms with Crippen LogP contribution in [0.1, 0.15) is 15.9 Å². The summed E-state index contributed by atoms with van der Waals surface area (Å²) in [6.07, 6.45) is -4.77. The third kappa shape index (κ3) is 4.29. The Kier molecular flexibility index (Phi) is 4.35. The molecule has 0 amide bonds.